The third kappa shape index (κ3) is 5.64. The minimum absolute atomic E-state index is 0.426. The summed E-state index contributed by atoms with van der Waals surface area (Å²) in [6.45, 7) is 7.50. The van der Waals surface area contributed by atoms with E-state index in [0.717, 1.165) is 36.4 Å². The zero-order chi connectivity index (χ0) is 15.2. The van der Waals surface area contributed by atoms with Crippen molar-refractivity contribution in [2.75, 3.05) is 19.7 Å². The van der Waals surface area contributed by atoms with Crippen molar-refractivity contribution in [1.82, 2.24) is 4.90 Å². The monoisotopic (exact) mass is 306 g/mol. The SMILES string of the molecule is CC(C)CCN(CCOc1ccc(C(N)=S)cc1)C1CC1. The van der Waals surface area contributed by atoms with Crippen LogP contribution in [0.4, 0.5) is 0 Å². The lowest BCUT2D eigenvalue weighted by molar-refractivity contribution is 0.194. The highest BCUT2D eigenvalue weighted by Crippen LogP contribution is 2.27. The first-order valence-corrected chi connectivity index (χ1v) is 8.24. The number of rotatable bonds is 9. The topological polar surface area (TPSA) is 38.5 Å². The smallest absolute Gasteiger partial charge is 0.119 e. The minimum atomic E-state index is 0.426. The second kappa shape index (κ2) is 7.76. The summed E-state index contributed by atoms with van der Waals surface area (Å²) in [4.78, 5) is 3.00. The molecule has 1 aliphatic rings. The van der Waals surface area contributed by atoms with E-state index in [1.807, 2.05) is 24.3 Å². The van der Waals surface area contributed by atoms with Crippen LogP contribution < -0.4 is 10.5 Å². The molecule has 116 valence electrons. The van der Waals surface area contributed by atoms with Crippen molar-refractivity contribution in [2.24, 2.45) is 11.7 Å². The lowest BCUT2D eigenvalue weighted by Crippen LogP contribution is -2.32. The molecule has 0 saturated heterocycles. The Hall–Kier alpha value is -1.13. The Bertz CT molecular complexity index is 454. The third-order valence-electron chi connectivity index (χ3n) is 3.84. The van der Waals surface area contributed by atoms with Gasteiger partial charge in [-0.2, -0.15) is 0 Å². The lowest BCUT2D eigenvalue weighted by atomic mass is 10.1. The van der Waals surface area contributed by atoms with Crippen LogP contribution in [0.2, 0.25) is 0 Å². The average molecular weight is 306 g/mol. The number of nitrogens with two attached hydrogens (primary N) is 1. The Morgan fingerprint density at radius 1 is 1.29 bits per heavy atom. The van der Waals surface area contributed by atoms with Crippen LogP contribution >= 0.6 is 12.2 Å². The van der Waals surface area contributed by atoms with Crippen molar-refractivity contribution < 1.29 is 4.74 Å². The van der Waals surface area contributed by atoms with Gasteiger partial charge in [0, 0.05) is 18.2 Å². The zero-order valence-electron chi connectivity index (χ0n) is 13.0. The van der Waals surface area contributed by atoms with E-state index in [0.29, 0.717) is 4.99 Å². The van der Waals surface area contributed by atoms with Crippen LogP contribution in [0.25, 0.3) is 0 Å². The second-order valence-electron chi connectivity index (χ2n) is 6.19. The molecule has 0 radical (unpaired) electrons. The maximum atomic E-state index is 5.83. The number of thiocarbonyl (C=S) groups is 1. The van der Waals surface area contributed by atoms with E-state index in [9.17, 15) is 0 Å². The molecular weight excluding hydrogens is 280 g/mol. The number of hydrogen-bond acceptors (Lipinski definition) is 3. The zero-order valence-corrected chi connectivity index (χ0v) is 13.9. The van der Waals surface area contributed by atoms with Crippen LogP contribution in [0.1, 0.15) is 38.7 Å². The summed E-state index contributed by atoms with van der Waals surface area (Å²) in [7, 11) is 0. The standard InChI is InChI=1S/C17H26N2OS/c1-13(2)9-10-19(15-5-6-15)11-12-20-16-7-3-14(4-8-16)17(18)21/h3-4,7-8,13,15H,5-6,9-12H2,1-2H3,(H2,18,21). The molecule has 0 spiro atoms. The fraction of sp³-hybridized carbons (Fsp3) is 0.588. The highest BCUT2D eigenvalue weighted by Gasteiger charge is 2.28. The van der Waals surface area contributed by atoms with Crippen LogP contribution in [0.3, 0.4) is 0 Å². The van der Waals surface area contributed by atoms with Gasteiger partial charge in [-0.25, -0.2) is 0 Å². The van der Waals surface area contributed by atoms with Gasteiger partial charge in [0.25, 0.3) is 0 Å². The third-order valence-corrected chi connectivity index (χ3v) is 4.08. The van der Waals surface area contributed by atoms with E-state index >= 15 is 0 Å². The van der Waals surface area contributed by atoms with Gasteiger partial charge in [-0.05, 0) is 56.0 Å². The predicted octanol–water partition coefficient (Wildman–Crippen LogP) is 3.21. The van der Waals surface area contributed by atoms with E-state index in [2.05, 4.69) is 18.7 Å². The van der Waals surface area contributed by atoms with Gasteiger partial charge in [0.15, 0.2) is 0 Å². The Labute approximate surface area is 133 Å². The Morgan fingerprint density at radius 3 is 2.48 bits per heavy atom. The first-order chi connectivity index (χ1) is 10.1. The molecule has 21 heavy (non-hydrogen) atoms. The highest BCUT2D eigenvalue weighted by atomic mass is 32.1. The van der Waals surface area contributed by atoms with Gasteiger partial charge in [0.2, 0.25) is 0 Å². The van der Waals surface area contributed by atoms with Gasteiger partial charge >= 0.3 is 0 Å². The normalized spacial score (nSPS) is 14.7. The number of ether oxygens (including phenoxy) is 1. The largest absolute Gasteiger partial charge is 0.492 e. The summed E-state index contributed by atoms with van der Waals surface area (Å²) in [6.07, 6.45) is 3.96. The van der Waals surface area contributed by atoms with Crippen molar-refractivity contribution in [3.05, 3.63) is 29.8 Å². The molecule has 3 nitrogen and oxygen atoms in total. The molecule has 0 heterocycles. The van der Waals surface area contributed by atoms with Crippen molar-refractivity contribution >= 4 is 17.2 Å². The molecule has 1 fully saturated rings. The van der Waals surface area contributed by atoms with E-state index in [1.165, 1.54) is 25.8 Å². The van der Waals surface area contributed by atoms with Crippen molar-refractivity contribution in [1.29, 1.82) is 0 Å². The fourth-order valence-electron chi connectivity index (χ4n) is 2.34. The Kier molecular flexibility index (Phi) is 6.00. The van der Waals surface area contributed by atoms with E-state index in [4.69, 9.17) is 22.7 Å². The molecule has 1 aliphatic carbocycles. The van der Waals surface area contributed by atoms with Gasteiger partial charge in [-0.1, -0.05) is 26.1 Å². The van der Waals surface area contributed by atoms with Crippen LogP contribution in [-0.4, -0.2) is 35.6 Å². The van der Waals surface area contributed by atoms with Crippen LogP contribution in [0.5, 0.6) is 5.75 Å². The summed E-state index contributed by atoms with van der Waals surface area (Å²) in [5, 5.41) is 0. The Balaban J connectivity index is 1.75. The molecule has 1 aromatic carbocycles. The molecule has 1 saturated carbocycles. The number of hydrogen-bond donors (Lipinski definition) is 1. The van der Waals surface area contributed by atoms with Gasteiger partial charge in [0.05, 0.1) is 0 Å². The molecule has 0 amide bonds. The maximum Gasteiger partial charge on any atom is 0.119 e. The quantitative estimate of drug-likeness (QED) is 0.711. The van der Waals surface area contributed by atoms with E-state index < -0.39 is 0 Å². The molecule has 4 heteroatoms. The van der Waals surface area contributed by atoms with Gasteiger partial charge < -0.3 is 10.5 Å². The predicted molar refractivity (Wildman–Crippen MR) is 91.9 cm³/mol. The number of nitrogens with zero attached hydrogens (tertiary/aromatic N) is 1. The Morgan fingerprint density at radius 2 is 1.95 bits per heavy atom. The summed E-state index contributed by atoms with van der Waals surface area (Å²) in [5.41, 5.74) is 6.47. The van der Waals surface area contributed by atoms with Gasteiger partial charge in [-0.3, -0.25) is 4.90 Å². The summed E-state index contributed by atoms with van der Waals surface area (Å²) >= 11 is 4.94. The van der Waals surface area contributed by atoms with Crippen molar-refractivity contribution in [3.8, 4) is 5.75 Å². The maximum absolute atomic E-state index is 5.83. The molecule has 0 aliphatic heterocycles. The summed E-state index contributed by atoms with van der Waals surface area (Å²) in [5.74, 6) is 1.65. The molecule has 1 aromatic rings. The van der Waals surface area contributed by atoms with E-state index in [-0.39, 0.29) is 0 Å². The minimum Gasteiger partial charge on any atom is -0.492 e. The number of benzene rings is 1. The first-order valence-electron chi connectivity index (χ1n) is 7.83. The summed E-state index contributed by atoms with van der Waals surface area (Å²) < 4.78 is 5.83. The molecule has 2 N–H and O–H groups in total. The fourth-order valence-corrected chi connectivity index (χ4v) is 2.47. The van der Waals surface area contributed by atoms with Crippen molar-refractivity contribution in [3.63, 3.8) is 0 Å². The van der Waals surface area contributed by atoms with Crippen LogP contribution in [-0.2, 0) is 0 Å². The molecular formula is C17H26N2OS. The van der Waals surface area contributed by atoms with Gasteiger partial charge in [-0.15, -0.1) is 0 Å². The molecule has 0 atom stereocenters. The molecule has 2 rings (SSSR count). The van der Waals surface area contributed by atoms with Crippen LogP contribution in [0, 0.1) is 5.92 Å². The van der Waals surface area contributed by atoms with Gasteiger partial charge in [0.1, 0.15) is 17.3 Å². The van der Waals surface area contributed by atoms with Crippen LogP contribution in [0.15, 0.2) is 24.3 Å². The molecule has 0 aromatic heterocycles. The summed E-state index contributed by atoms with van der Waals surface area (Å²) in [6, 6.07) is 8.49. The van der Waals surface area contributed by atoms with E-state index in [1.54, 1.807) is 0 Å². The molecule has 0 unspecified atom stereocenters. The molecule has 0 bridgehead atoms. The average Bonchev–Trinajstić information content (AvgIpc) is 3.27. The lowest BCUT2D eigenvalue weighted by Gasteiger charge is -2.23. The highest BCUT2D eigenvalue weighted by molar-refractivity contribution is 7.80. The first kappa shape index (κ1) is 16.2. The second-order valence-corrected chi connectivity index (χ2v) is 6.63. The van der Waals surface area contributed by atoms with Crippen molar-refractivity contribution in [2.45, 2.75) is 39.2 Å².